The normalized spacial score (nSPS) is 12.9. The van der Waals surface area contributed by atoms with Gasteiger partial charge in [-0.25, -0.2) is 4.79 Å². The predicted octanol–water partition coefficient (Wildman–Crippen LogP) is 2.29. The van der Waals surface area contributed by atoms with Gasteiger partial charge in [0.15, 0.2) is 0 Å². The molecule has 0 aromatic carbocycles. The monoisotopic (exact) mass is 264 g/mol. The molecule has 1 heterocycles. The molecule has 1 unspecified atom stereocenters. The number of hydrogen-bond acceptors (Lipinski definition) is 3. The highest BCUT2D eigenvalue weighted by atomic mass is 16.4. The Balaban J connectivity index is 2.91. The van der Waals surface area contributed by atoms with Crippen LogP contribution in [0.2, 0.25) is 0 Å². The first-order chi connectivity index (χ1) is 8.64. The summed E-state index contributed by atoms with van der Waals surface area (Å²) in [5.74, 6) is -1.26. The van der Waals surface area contributed by atoms with Crippen molar-refractivity contribution in [3.05, 3.63) is 29.6 Å². The van der Waals surface area contributed by atoms with E-state index in [4.69, 9.17) is 5.11 Å². The number of carbonyl (C=O) groups is 2. The lowest BCUT2D eigenvalue weighted by molar-refractivity contribution is 0.0621. The highest BCUT2D eigenvalue weighted by Gasteiger charge is 2.28. The lowest BCUT2D eigenvalue weighted by Crippen LogP contribution is -2.43. The van der Waals surface area contributed by atoms with Crippen LogP contribution in [0.4, 0.5) is 0 Å². The number of aromatic nitrogens is 1. The Morgan fingerprint density at radius 1 is 1.32 bits per heavy atom. The van der Waals surface area contributed by atoms with Crippen LogP contribution in [-0.2, 0) is 0 Å². The summed E-state index contributed by atoms with van der Waals surface area (Å²) in [7, 11) is 1.73. The van der Waals surface area contributed by atoms with Crippen molar-refractivity contribution >= 4 is 11.9 Å². The highest BCUT2D eigenvalue weighted by Crippen LogP contribution is 2.23. The standard InChI is InChI=1S/C14H20N2O3/c1-9(14(2,3)4)16(5)12(17)11-7-6-10(8-15-11)13(18)19/h6-9H,1-5H3,(H,18,19). The van der Waals surface area contributed by atoms with Gasteiger partial charge in [-0.15, -0.1) is 0 Å². The third-order valence-corrected chi connectivity index (χ3v) is 3.38. The maximum absolute atomic E-state index is 12.2. The number of carboxylic acids is 1. The van der Waals surface area contributed by atoms with Gasteiger partial charge in [0.05, 0.1) is 5.56 Å². The van der Waals surface area contributed by atoms with E-state index in [1.807, 2.05) is 6.92 Å². The van der Waals surface area contributed by atoms with Gasteiger partial charge in [0.25, 0.3) is 5.91 Å². The van der Waals surface area contributed by atoms with Gasteiger partial charge in [-0.3, -0.25) is 9.78 Å². The molecule has 0 radical (unpaired) electrons. The molecule has 1 N–H and O–H groups in total. The molecule has 1 atom stereocenters. The van der Waals surface area contributed by atoms with Crippen LogP contribution < -0.4 is 0 Å². The van der Waals surface area contributed by atoms with Crippen molar-refractivity contribution < 1.29 is 14.7 Å². The van der Waals surface area contributed by atoms with Crippen molar-refractivity contribution in [2.45, 2.75) is 33.7 Å². The molecule has 0 aliphatic heterocycles. The minimum Gasteiger partial charge on any atom is -0.478 e. The number of amides is 1. The van der Waals surface area contributed by atoms with Crippen molar-refractivity contribution in [3.63, 3.8) is 0 Å². The Hall–Kier alpha value is -1.91. The van der Waals surface area contributed by atoms with Gasteiger partial charge in [0.2, 0.25) is 0 Å². The van der Waals surface area contributed by atoms with E-state index < -0.39 is 5.97 Å². The Labute approximate surface area is 113 Å². The summed E-state index contributed by atoms with van der Waals surface area (Å²) < 4.78 is 0. The smallest absolute Gasteiger partial charge is 0.337 e. The van der Waals surface area contributed by atoms with E-state index in [1.54, 1.807) is 11.9 Å². The number of carbonyl (C=O) groups excluding carboxylic acids is 1. The predicted molar refractivity (Wildman–Crippen MR) is 72.2 cm³/mol. The average Bonchev–Trinajstić information content (AvgIpc) is 2.35. The molecule has 5 heteroatoms. The molecule has 0 saturated heterocycles. The number of carboxylic acid groups (broad SMARTS) is 1. The maximum Gasteiger partial charge on any atom is 0.337 e. The summed E-state index contributed by atoms with van der Waals surface area (Å²) in [6.45, 7) is 8.15. The molecule has 1 aromatic heterocycles. The first kappa shape index (κ1) is 15.1. The zero-order valence-corrected chi connectivity index (χ0v) is 12.0. The van der Waals surface area contributed by atoms with E-state index in [0.717, 1.165) is 0 Å². The molecule has 0 aliphatic carbocycles. The van der Waals surface area contributed by atoms with Crippen LogP contribution in [0.5, 0.6) is 0 Å². The summed E-state index contributed by atoms with van der Waals surface area (Å²) in [4.78, 5) is 28.5. The summed E-state index contributed by atoms with van der Waals surface area (Å²) in [6.07, 6.45) is 1.20. The first-order valence-electron chi connectivity index (χ1n) is 6.11. The number of hydrogen-bond donors (Lipinski definition) is 1. The third-order valence-electron chi connectivity index (χ3n) is 3.38. The van der Waals surface area contributed by atoms with Crippen molar-refractivity contribution in [1.82, 2.24) is 9.88 Å². The van der Waals surface area contributed by atoms with Gasteiger partial charge in [-0.05, 0) is 24.5 Å². The number of pyridine rings is 1. The van der Waals surface area contributed by atoms with Crippen LogP contribution in [0.1, 0.15) is 48.5 Å². The van der Waals surface area contributed by atoms with Crippen LogP contribution in [0.15, 0.2) is 18.3 Å². The molecular formula is C14H20N2O3. The second-order valence-corrected chi connectivity index (χ2v) is 5.70. The minimum absolute atomic E-state index is 0.0363. The first-order valence-corrected chi connectivity index (χ1v) is 6.11. The average molecular weight is 264 g/mol. The second-order valence-electron chi connectivity index (χ2n) is 5.70. The molecule has 1 amide bonds. The molecule has 5 nitrogen and oxygen atoms in total. The third kappa shape index (κ3) is 3.53. The fourth-order valence-corrected chi connectivity index (χ4v) is 1.58. The summed E-state index contributed by atoms with van der Waals surface area (Å²) in [5.41, 5.74) is 0.289. The van der Waals surface area contributed by atoms with E-state index in [-0.39, 0.29) is 28.6 Å². The summed E-state index contributed by atoms with van der Waals surface area (Å²) in [5, 5.41) is 8.78. The largest absolute Gasteiger partial charge is 0.478 e. The molecule has 19 heavy (non-hydrogen) atoms. The lowest BCUT2D eigenvalue weighted by atomic mass is 9.87. The van der Waals surface area contributed by atoms with Crippen molar-refractivity contribution in [2.75, 3.05) is 7.05 Å². The number of aromatic carboxylic acids is 1. The number of rotatable bonds is 3. The maximum atomic E-state index is 12.2. The van der Waals surface area contributed by atoms with Crippen molar-refractivity contribution in [2.24, 2.45) is 5.41 Å². The van der Waals surface area contributed by atoms with Gasteiger partial charge < -0.3 is 10.0 Å². The summed E-state index contributed by atoms with van der Waals surface area (Å²) in [6, 6.07) is 2.87. The quantitative estimate of drug-likeness (QED) is 0.909. The van der Waals surface area contributed by atoms with E-state index in [0.29, 0.717) is 0 Å². The number of nitrogens with zero attached hydrogens (tertiary/aromatic N) is 2. The Kier molecular flexibility index (Phi) is 4.29. The molecule has 0 spiro atoms. The lowest BCUT2D eigenvalue weighted by Gasteiger charge is -2.35. The topological polar surface area (TPSA) is 70.5 Å². The summed E-state index contributed by atoms with van der Waals surface area (Å²) >= 11 is 0. The van der Waals surface area contributed by atoms with Crippen molar-refractivity contribution in [1.29, 1.82) is 0 Å². The van der Waals surface area contributed by atoms with Gasteiger partial charge >= 0.3 is 5.97 Å². The van der Waals surface area contributed by atoms with Gasteiger partial charge in [-0.2, -0.15) is 0 Å². The zero-order chi connectivity index (χ0) is 14.8. The molecule has 1 rings (SSSR count). The Bertz CT molecular complexity index is 474. The van der Waals surface area contributed by atoms with Gasteiger partial charge in [-0.1, -0.05) is 20.8 Å². The van der Waals surface area contributed by atoms with Crippen LogP contribution >= 0.6 is 0 Å². The van der Waals surface area contributed by atoms with Gasteiger partial charge in [0.1, 0.15) is 5.69 Å². The SMILES string of the molecule is CC(N(C)C(=O)c1ccc(C(=O)O)cn1)C(C)(C)C. The van der Waals surface area contributed by atoms with Crippen molar-refractivity contribution in [3.8, 4) is 0 Å². The van der Waals surface area contributed by atoms with Crippen LogP contribution in [0.25, 0.3) is 0 Å². The molecular weight excluding hydrogens is 244 g/mol. The Morgan fingerprint density at radius 3 is 2.26 bits per heavy atom. The van der Waals surface area contributed by atoms with E-state index in [2.05, 4.69) is 25.8 Å². The molecule has 0 saturated carbocycles. The van der Waals surface area contributed by atoms with E-state index in [9.17, 15) is 9.59 Å². The minimum atomic E-state index is -1.05. The molecule has 1 aromatic rings. The zero-order valence-electron chi connectivity index (χ0n) is 12.0. The molecule has 0 fully saturated rings. The highest BCUT2D eigenvalue weighted by molar-refractivity contribution is 5.93. The van der Waals surface area contributed by atoms with Crippen LogP contribution in [0.3, 0.4) is 0 Å². The molecule has 104 valence electrons. The Morgan fingerprint density at radius 2 is 1.89 bits per heavy atom. The fraction of sp³-hybridized carbons (Fsp3) is 0.500. The van der Waals surface area contributed by atoms with Crippen LogP contribution in [0, 0.1) is 5.41 Å². The van der Waals surface area contributed by atoms with Gasteiger partial charge in [0, 0.05) is 19.3 Å². The van der Waals surface area contributed by atoms with E-state index in [1.165, 1.54) is 18.3 Å². The molecule has 0 aliphatic rings. The van der Waals surface area contributed by atoms with E-state index >= 15 is 0 Å². The fourth-order valence-electron chi connectivity index (χ4n) is 1.58. The second kappa shape index (κ2) is 5.38. The van der Waals surface area contributed by atoms with Crippen LogP contribution in [-0.4, -0.2) is 40.0 Å². The molecule has 0 bridgehead atoms.